The third kappa shape index (κ3) is 3.80. The number of hydrogen-bond donors (Lipinski definition) is 1. The van der Waals surface area contributed by atoms with Crippen molar-refractivity contribution in [3.05, 3.63) is 18.0 Å². The number of aryl methyl sites for hydroxylation is 1. The third-order valence-electron chi connectivity index (χ3n) is 3.89. The monoisotopic (exact) mass is 264 g/mol. The Morgan fingerprint density at radius 1 is 1.53 bits per heavy atom. The summed E-state index contributed by atoms with van der Waals surface area (Å²) in [4.78, 5) is 14.2. The number of carbonyl (C=O) groups is 1. The molecule has 0 radical (unpaired) electrons. The number of nitrogens with zero attached hydrogens (tertiary/aromatic N) is 3. The normalized spacial score (nSPS) is 18.7. The molecule has 0 unspecified atom stereocenters. The highest BCUT2D eigenvalue weighted by atomic mass is 16.1. The molecular weight excluding hydrogens is 240 g/mol. The molecule has 2 heterocycles. The Morgan fingerprint density at radius 3 is 2.89 bits per heavy atom. The molecule has 5 nitrogen and oxygen atoms in total. The Kier molecular flexibility index (Phi) is 4.24. The van der Waals surface area contributed by atoms with E-state index in [-0.39, 0.29) is 11.4 Å². The van der Waals surface area contributed by atoms with Crippen LogP contribution in [0.15, 0.2) is 12.3 Å². The molecule has 1 aromatic rings. The van der Waals surface area contributed by atoms with Crippen LogP contribution >= 0.6 is 0 Å². The molecule has 1 aliphatic heterocycles. The number of rotatable bonds is 5. The van der Waals surface area contributed by atoms with Gasteiger partial charge in [-0.15, -0.1) is 0 Å². The van der Waals surface area contributed by atoms with E-state index in [1.807, 2.05) is 19.3 Å². The average Bonchev–Trinajstić information content (AvgIpc) is 2.86. The molecule has 0 saturated carbocycles. The van der Waals surface area contributed by atoms with Crippen LogP contribution in [-0.4, -0.2) is 45.8 Å². The summed E-state index contributed by atoms with van der Waals surface area (Å²) < 4.78 is 1.72. The summed E-state index contributed by atoms with van der Waals surface area (Å²) >= 11 is 0. The lowest BCUT2D eigenvalue weighted by Crippen LogP contribution is -2.43. The van der Waals surface area contributed by atoms with E-state index < -0.39 is 0 Å². The molecule has 0 spiro atoms. The second-order valence-corrected chi connectivity index (χ2v) is 5.91. The van der Waals surface area contributed by atoms with E-state index in [0.717, 1.165) is 25.3 Å². The SMILES string of the molecule is Cn1ccc(CC(=O)NCCN2CCCC2(C)C)n1. The molecule has 19 heavy (non-hydrogen) atoms. The van der Waals surface area contributed by atoms with Gasteiger partial charge in [0.1, 0.15) is 0 Å². The van der Waals surface area contributed by atoms with Crippen molar-refractivity contribution in [3.8, 4) is 0 Å². The second-order valence-electron chi connectivity index (χ2n) is 5.91. The number of hydrogen-bond acceptors (Lipinski definition) is 3. The first-order valence-corrected chi connectivity index (χ1v) is 6.98. The fraction of sp³-hybridized carbons (Fsp3) is 0.714. The van der Waals surface area contributed by atoms with Crippen molar-refractivity contribution in [1.82, 2.24) is 20.0 Å². The second kappa shape index (κ2) is 5.74. The molecule has 1 saturated heterocycles. The summed E-state index contributed by atoms with van der Waals surface area (Å²) in [6, 6.07) is 1.88. The standard InChI is InChI=1S/C14H24N4O/c1-14(2)6-4-8-18(14)10-7-15-13(19)11-12-5-9-17(3)16-12/h5,9H,4,6-8,10-11H2,1-3H3,(H,15,19). The average molecular weight is 264 g/mol. The minimum absolute atomic E-state index is 0.0516. The highest BCUT2D eigenvalue weighted by Crippen LogP contribution is 2.27. The Morgan fingerprint density at radius 2 is 2.32 bits per heavy atom. The van der Waals surface area contributed by atoms with Crippen LogP contribution in [0.2, 0.25) is 0 Å². The molecule has 1 N–H and O–H groups in total. The van der Waals surface area contributed by atoms with Crippen molar-refractivity contribution < 1.29 is 4.79 Å². The molecule has 0 aliphatic carbocycles. The van der Waals surface area contributed by atoms with Gasteiger partial charge in [0.15, 0.2) is 0 Å². The zero-order chi connectivity index (χ0) is 13.9. The maximum Gasteiger partial charge on any atom is 0.226 e. The van der Waals surface area contributed by atoms with Gasteiger partial charge in [-0.2, -0.15) is 5.10 Å². The van der Waals surface area contributed by atoms with E-state index in [0.29, 0.717) is 6.42 Å². The fourth-order valence-electron chi connectivity index (χ4n) is 2.69. The largest absolute Gasteiger partial charge is 0.354 e. The van der Waals surface area contributed by atoms with E-state index in [4.69, 9.17) is 0 Å². The molecule has 0 bridgehead atoms. The Labute approximate surface area is 115 Å². The molecule has 1 aliphatic rings. The van der Waals surface area contributed by atoms with Crippen molar-refractivity contribution in [2.75, 3.05) is 19.6 Å². The summed E-state index contributed by atoms with van der Waals surface area (Å²) in [5.74, 6) is 0.0516. The van der Waals surface area contributed by atoms with Crippen molar-refractivity contribution in [1.29, 1.82) is 0 Å². The lowest BCUT2D eigenvalue weighted by atomic mass is 10.0. The van der Waals surface area contributed by atoms with Crippen molar-refractivity contribution in [3.63, 3.8) is 0 Å². The third-order valence-corrected chi connectivity index (χ3v) is 3.89. The first-order valence-electron chi connectivity index (χ1n) is 6.98. The summed E-state index contributed by atoms with van der Waals surface area (Å²) in [5.41, 5.74) is 1.10. The zero-order valence-corrected chi connectivity index (χ0v) is 12.1. The predicted octanol–water partition coefficient (Wildman–Crippen LogP) is 0.953. The lowest BCUT2D eigenvalue weighted by Gasteiger charge is -2.31. The van der Waals surface area contributed by atoms with Crippen molar-refractivity contribution in [2.24, 2.45) is 7.05 Å². The Hall–Kier alpha value is -1.36. The van der Waals surface area contributed by atoms with E-state index in [9.17, 15) is 4.79 Å². The van der Waals surface area contributed by atoms with Gasteiger partial charge in [-0.3, -0.25) is 14.4 Å². The van der Waals surface area contributed by atoms with Gasteiger partial charge in [-0.1, -0.05) is 0 Å². The van der Waals surface area contributed by atoms with Crippen LogP contribution < -0.4 is 5.32 Å². The van der Waals surface area contributed by atoms with Crippen LogP contribution in [0.4, 0.5) is 0 Å². The fourth-order valence-corrected chi connectivity index (χ4v) is 2.69. The minimum Gasteiger partial charge on any atom is -0.354 e. The van der Waals surface area contributed by atoms with Crippen LogP contribution in [0, 0.1) is 0 Å². The van der Waals surface area contributed by atoms with Crippen LogP contribution in [-0.2, 0) is 18.3 Å². The predicted molar refractivity (Wildman–Crippen MR) is 74.8 cm³/mol. The van der Waals surface area contributed by atoms with Crippen LogP contribution in [0.5, 0.6) is 0 Å². The maximum absolute atomic E-state index is 11.8. The van der Waals surface area contributed by atoms with Crippen LogP contribution in [0.25, 0.3) is 0 Å². The van der Waals surface area contributed by atoms with Gasteiger partial charge >= 0.3 is 0 Å². The lowest BCUT2D eigenvalue weighted by molar-refractivity contribution is -0.120. The summed E-state index contributed by atoms with van der Waals surface area (Å²) in [5, 5.41) is 7.18. The smallest absolute Gasteiger partial charge is 0.226 e. The molecule has 0 aromatic carbocycles. The molecule has 106 valence electrons. The number of nitrogens with one attached hydrogen (secondary N) is 1. The molecular formula is C14H24N4O. The van der Waals surface area contributed by atoms with Gasteiger partial charge in [0.05, 0.1) is 12.1 Å². The molecule has 1 aromatic heterocycles. The van der Waals surface area contributed by atoms with E-state index >= 15 is 0 Å². The van der Waals surface area contributed by atoms with Gasteiger partial charge in [0, 0.05) is 31.9 Å². The van der Waals surface area contributed by atoms with Gasteiger partial charge in [-0.25, -0.2) is 0 Å². The molecule has 1 amide bonds. The molecule has 5 heteroatoms. The summed E-state index contributed by atoms with van der Waals surface area (Å²) in [6.45, 7) is 7.34. The van der Waals surface area contributed by atoms with Gasteiger partial charge in [0.25, 0.3) is 0 Å². The first-order chi connectivity index (χ1) is 8.97. The van der Waals surface area contributed by atoms with Crippen molar-refractivity contribution in [2.45, 2.75) is 38.6 Å². The number of aromatic nitrogens is 2. The molecule has 2 rings (SSSR count). The Bertz CT molecular complexity index is 438. The van der Waals surface area contributed by atoms with Gasteiger partial charge in [-0.05, 0) is 39.3 Å². The van der Waals surface area contributed by atoms with Crippen molar-refractivity contribution >= 4 is 5.91 Å². The number of carbonyl (C=O) groups excluding carboxylic acids is 1. The van der Waals surface area contributed by atoms with E-state index in [1.165, 1.54) is 12.8 Å². The number of amides is 1. The highest BCUT2D eigenvalue weighted by Gasteiger charge is 2.31. The maximum atomic E-state index is 11.8. The summed E-state index contributed by atoms with van der Waals surface area (Å²) in [6.07, 6.45) is 4.73. The quantitative estimate of drug-likeness (QED) is 0.861. The minimum atomic E-state index is 0.0516. The first kappa shape index (κ1) is 14.1. The van der Waals surface area contributed by atoms with E-state index in [1.54, 1.807) is 4.68 Å². The Balaban J connectivity index is 1.69. The van der Waals surface area contributed by atoms with Gasteiger partial charge < -0.3 is 5.32 Å². The topological polar surface area (TPSA) is 50.2 Å². The van der Waals surface area contributed by atoms with Crippen LogP contribution in [0.1, 0.15) is 32.4 Å². The summed E-state index contributed by atoms with van der Waals surface area (Å²) in [7, 11) is 1.86. The number of likely N-dealkylation sites (tertiary alicyclic amines) is 1. The van der Waals surface area contributed by atoms with Gasteiger partial charge in [0.2, 0.25) is 5.91 Å². The van der Waals surface area contributed by atoms with Crippen LogP contribution in [0.3, 0.4) is 0 Å². The highest BCUT2D eigenvalue weighted by molar-refractivity contribution is 5.78. The molecule has 0 atom stereocenters. The zero-order valence-electron chi connectivity index (χ0n) is 12.1. The molecule has 1 fully saturated rings. The van der Waals surface area contributed by atoms with E-state index in [2.05, 4.69) is 29.2 Å².